The molecule has 1 amide bonds. The van der Waals surface area contributed by atoms with Gasteiger partial charge in [-0.1, -0.05) is 41.9 Å². The lowest BCUT2D eigenvalue weighted by Crippen LogP contribution is -2.11. The van der Waals surface area contributed by atoms with Gasteiger partial charge in [0, 0.05) is 28.7 Å². The third-order valence-electron chi connectivity index (χ3n) is 4.47. The highest BCUT2D eigenvalue weighted by atomic mass is 35.5. The minimum absolute atomic E-state index is 0.282. The van der Waals surface area contributed by atoms with E-state index in [0.717, 1.165) is 23.9 Å². The molecule has 4 rings (SSSR count). The Hall–Kier alpha value is -3.05. The number of furan rings is 1. The fraction of sp³-hybridized carbons (Fsp3) is 0.143. The number of carbonyl (C=O) groups is 1. The second kappa shape index (κ2) is 7.29. The summed E-state index contributed by atoms with van der Waals surface area (Å²) >= 11 is 6.03. The van der Waals surface area contributed by atoms with E-state index >= 15 is 0 Å². The number of hydrogen-bond acceptors (Lipinski definition) is 3. The van der Waals surface area contributed by atoms with E-state index in [2.05, 4.69) is 22.5 Å². The molecule has 1 N–H and O–H groups in total. The van der Waals surface area contributed by atoms with E-state index in [1.165, 1.54) is 5.56 Å². The molecule has 136 valence electrons. The van der Waals surface area contributed by atoms with Crippen LogP contribution in [0.4, 0.5) is 5.69 Å². The molecule has 0 aliphatic heterocycles. The summed E-state index contributed by atoms with van der Waals surface area (Å²) < 4.78 is 7.52. The third kappa shape index (κ3) is 3.73. The van der Waals surface area contributed by atoms with Crippen molar-refractivity contribution in [1.29, 1.82) is 0 Å². The summed E-state index contributed by atoms with van der Waals surface area (Å²) in [5, 5.41) is 8.60. The quantitative estimate of drug-likeness (QED) is 0.525. The summed E-state index contributed by atoms with van der Waals surface area (Å²) in [4.78, 5) is 12.6. The second-order valence-corrected chi connectivity index (χ2v) is 6.81. The van der Waals surface area contributed by atoms with E-state index in [4.69, 9.17) is 16.0 Å². The van der Waals surface area contributed by atoms with E-state index in [0.29, 0.717) is 16.3 Å². The van der Waals surface area contributed by atoms with Crippen molar-refractivity contribution in [3.63, 3.8) is 0 Å². The molecule has 2 aromatic heterocycles. The van der Waals surface area contributed by atoms with Crippen molar-refractivity contribution in [2.45, 2.75) is 19.9 Å². The molecular weight excluding hydrogens is 362 g/mol. The zero-order chi connectivity index (χ0) is 18.8. The highest BCUT2D eigenvalue weighted by molar-refractivity contribution is 6.31. The zero-order valence-corrected chi connectivity index (χ0v) is 15.5. The molecule has 0 saturated heterocycles. The van der Waals surface area contributed by atoms with Gasteiger partial charge in [-0.3, -0.25) is 9.48 Å². The number of fused-ring (bicyclic) bond motifs is 1. The molecule has 0 aliphatic rings. The van der Waals surface area contributed by atoms with Crippen molar-refractivity contribution in [3.05, 3.63) is 82.8 Å². The molecule has 5 nitrogen and oxygen atoms in total. The maximum absolute atomic E-state index is 12.6. The van der Waals surface area contributed by atoms with Crippen LogP contribution in [-0.2, 0) is 13.0 Å². The van der Waals surface area contributed by atoms with Gasteiger partial charge in [-0.25, -0.2) is 0 Å². The number of halogens is 1. The van der Waals surface area contributed by atoms with Gasteiger partial charge in [0.2, 0.25) is 0 Å². The average Bonchev–Trinajstić information content (AvgIpc) is 3.25. The van der Waals surface area contributed by atoms with E-state index in [1.807, 2.05) is 36.0 Å². The Morgan fingerprint density at radius 1 is 1.22 bits per heavy atom. The highest BCUT2D eigenvalue weighted by Crippen LogP contribution is 2.28. The smallest absolute Gasteiger partial charge is 0.291 e. The Labute approximate surface area is 161 Å². The molecule has 6 heteroatoms. The number of rotatable bonds is 5. The van der Waals surface area contributed by atoms with Gasteiger partial charge in [0.25, 0.3) is 5.91 Å². The Bertz CT molecular complexity index is 1100. The van der Waals surface area contributed by atoms with Crippen LogP contribution < -0.4 is 5.32 Å². The summed E-state index contributed by atoms with van der Waals surface area (Å²) in [6.07, 6.45) is 4.33. The number of carbonyl (C=O) groups excluding carboxylic acids is 1. The van der Waals surface area contributed by atoms with Crippen LogP contribution in [0.2, 0.25) is 5.02 Å². The molecule has 0 unspecified atom stereocenters. The Morgan fingerprint density at radius 2 is 2.04 bits per heavy atom. The number of benzene rings is 2. The molecule has 0 fully saturated rings. The third-order valence-corrected chi connectivity index (χ3v) is 4.70. The van der Waals surface area contributed by atoms with Gasteiger partial charge in [-0.05, 0) is 37.1 Å². The Balaban J connectivity index is 1.46. The van der Waals surface area contributed by atoms with Crippen molar-refractivity contribution in [2.24, 2.45) is 0 Å². The first-order valence-corrected chi connectivity index (χ1v) is 9.04. The minimum Gasteiger partial charge on any atom is -0.451 e. The lowest BCUT2D eigenvalue weighted by Gasteiger charge is -2.02. The number of aryl methyl sites for hydroxylation is 3. The number of amides is 1. The minimum atomic E-state index is -0.303. The maximum Gasteiger partial charge on any atom is 0.291 e. The molecular formula is C21H18ClN3O2. The summed E-state index contributed by atoms with van der Waals surface area (Å²) in [6, 6.07) is 15.5. The van der Waals surface area contributed by atoms with E-state index in [-0.39, 0.29) is 11.7 Å². The SMILES string of the molecule is Cc1c(C(=O)Nc2cnn(CCc3ccccc3)c2)oc2ccc(Cl)cc12. The van der Waals surface area contributed by atoms with Gasteiger partial charge in [-0.15, -0.1) is 0 Å². The second-order valence-electron chi connectivity index (χ2n) is 6.38. The van der Waals surface area contributed by atoms with Crippen LogP contribution in [0.3, 0.4) is 0 Å². The van der Waals surface area contributed by atoms with Crippen molar-refractivity contribution < 1.29 is 9.21 Å². The number of aromatic nitrogens is 2. The number of nitrogens with zero attached hydrogens (tertiary/aromatic N) is 2. The van der Waals surface area contributed by atoms with Crippen LogP contribution >= 0.6 is 11.6 Å². The first-order chi connectivity index (χ1) is 13.1. The number of hydrogen-bond donors (Lipinski definition) is 1. The topological polar surface area (TPSA) is 60.1 Å². The van der Waals surface area contributed by atoms with Crippen LogP contribution in [-0.4, -0.2) is 15.7 Å². The molecule has 4 aromatic rings. The van der Waals surface area contributed by atoms with Crippen molar-refractivity contribution in [3.8, 4) is 0 Å². The molecule has 0 aliphatic carbocycles. The largest absolute Gasteiger partial charge is 0.451 e. The van der Waals surface area contributed by atoms with Crippen molar-refractivity contribution in [2.75, 3.05) is 5.32 Å². The van der Waals surface area contributed by atoms with Gasteiger partial charge >= 0.3 is 0 Å². The van der Waals surface area contributed by atoms with Crippen LogP contribution in [0.5, 0.6) is 0 Å². The fourth-order valence-corrected chi connectivity index (χ4v) is 3.21. The normalized spacial score (nSPS) is 11.0. The summed E-state index contributed by atoms with van der Waals surface area (Å²) in [5.74, 6) is -0.0215. The fourth-order valence-electron chi connectivity index (χ4n) is 3.04. The van der Waals surface area contributed by atoms with Crippen molar-refractivity contribution >= 4 is 34.2 Å². The zero-order valence-electron chi connectivity index (χ0n) is 14.8. The van der Waals surface area contributed by atoms with Crippen LogP contribution in [0.1, 0.15) is 21.7 Å². The van der Waals surface area contributed by atoms with Gasteiger partial charge < -0.3 is 9.73 Å². The summed E-state index contributed by atoms with van der Waals surface area (Å²) in [7, 11) is 0. The molecule has 0 spiro atoms. The Morgan fingerprint density at radius 3 is 2.85 bits per heavy atom. The molecule has 0 radical (unpaired) electrons. The summed E-state index contributed by atoms with van der Waals surface area (Å²) in [5.41, 5.74) is 3.28. The van der Waals surface area contributed by atoms with Gasteiger partial charge in [-0.2, -0.15) is 5.10 Å². The summed E-state index contributed by atoms with van der Waals surface area (Å²) in [6.45, 7) is 2.59. The molecule has 2 aromatic carbocycles. The molecule has 0 saturated carbocycles. The number of nitrogens with one attached hydrogen (secondary N) is 1. The molecule has 0 bridgehead atoms. The molecule has 0 atom stereocenters. The van der Waals surface area contributed by atoms with E-state index in [9.17, 15) is 4.79 Å². The highest BCUT2D eigenvalue weighted by Gasteiger charge is 2.18. The molecule has 2 heterocycles. The predicted octanol–water partition coefficient (Wildman–Crippen LogP) is 5.09. The lowest BCUT2D eigenvalue weighted by atomic mass is 10.1. The predicted molar refractivity (Wildman–Crippen MR) is 106 cm³/mol. The van der Waals surface area contributed by atoms with E-state index in [1.54, 1.807) is 24.4 Å². The van der Waals surface area contributed by atoms with Crippen LogP contribution in [0.15, 0.2) is 65.3 Å². The lowest BCUT2D eigenvalue weighted by molar-refractivity contribution is 0.0998. The average molecular weight is 380 g/mol. The van der Waals surface area contributed by atoms with Crippen LogP contribution in [0, 0.1) is 6.92 Å². The van der Waals surface area contributed by atoms with Gasteiger partial charge in [0.15, 0.2) is 5.76 Å². The first kappa shape index (κ1) is 17.4. The van der Waals surface area contributed by atoms with Gasteiger partial charge in [0.05, 0.1) is 11.9 Å². The monoisotopic (exact) mass is 379 g/mol. The van der Waals surface area contributed by atoms with E-state index < -0.39 is 0 Å². The van der Waals surface area contributed by atoms with Crippen LogP contribution in [0.25, 0.3) is 11.0 Å². The Kier molecular flexibility index (Phi) is 4.69. The standard InChI is InChI=1S/C21H18ClN3O2/c1-14-18-11-16(22)7-8-19(18)27-20(14)21(26)24-17-12-23-25(13-17)10-9-15-5-3-2-4-6-15/h2-8,11-13H,9-10H2,1H3,(H,24,26). The first-order valence-electron chi connectivity index (χ1n) is 8.66. The van der Waals surface area contributed by atoms with Crippen molar-refractivity contribution in [1.82, 2.24) is 9.78 Å². The molecule has 27 heavy (non-hydrogen) atoms. The van der Waals surface area contributed by atoms with Gasteiger partial charge in [0.1, 0.15) is 5.58 Å². The maximum atomic E-state index is 12.6. The number of anilines is 1.